The van der Waals surface area contributed by atoms with Gasteiger partial charge < -0.3 is 15.3 Å². The standard InChI is InChI=1S/C22H30O5/c1-12-8-14-15-5-7-22(27,18(26)11-23)21(15,3)10-17(25)19(14)20(2)6-4-13(24)9-16(12)20/h4,6,9,12,14-15,17,19,23,25,27H,5,7-8,10-11H2,1-3H3/t12-,14-,15-,17?,19+,20-,21-,22-/m0/s1/i4+1,9+1,13+1. The number of aliphatic hydroxyl groups is 3. The van der Waals surface area contributed by atoms with Gasteiger partial charge in [0.25, 0.3) is 0 Å². The van der Waals surface area contributed by atoms with Crippen molar-refractivity contribution in [3.05, 3.63) is 23.8 Å². The summed E-state index contributed by atoms with van der Waals surface area (Å²) in [4.78, 5) is 24.4. The van der Waals surface area contributed by atoms with E-state index in [0.29, 0.717) is 12.8 Å². The number of fused-ring (bicyclic) bond motifs is 5. The molecule has 0 spiro atoms. The molecule has 0 aromatic heterocycles. The number of carbonyl (C=O) groups excluding carboxylic acids is 2. The van der Waals surface area contributed by atoms with E-state index in [-0.39, 0.29) is 34.9 Å². The van der Waals surface area contributed by atoms with Gasteiger partial charge in [0.05, 0.1) is 6.10 Å². The van der Waals surface area contributed by atoms with Crippen molar-refractivity contribution in [1.29, 1.82) is 0 Å². The third kappa shape index (κ3) is 2.28. The predicted molar refractivity (Wildman–Crippen MR) is 99.6 cm³/mol. The Kier molecular flexibility index (Phi) is 4.12. The summed E-state index contributed by atoms with van der Waals surface area (Å²) in [6, 6.07) is 0. The topological polar surface area (TPSA) is 94.8 Å². The van der Waals surface area contributed by atoms with Crippen molar-refractivity contribution >= 4 is 11.6 Å². The lowest BCUT2D eigenvalue weighted by Crippen LogP contribution is -2.62. The molecule has 4 rings (SSSR count). The van der Waals surface area contributed by atoms with E-state index in [1.54, 1.807) is 12.2 Å². The highest BCUT2D eigenvalue weighted by molar-refractivity contribution is 6.01. The first-order chi connectivity index (χ1) is 12.6. The van der Waals surface area contributed by atoms with E-state index in [4.69, 9.17) is 0 Å². The van der Waals surface area contributed by atoms with Gasteiger partial charge in [-0.15, -0.1) is 0 Å². The molecule has 4 aliphatic carbocycles. The predicted octanol–water partition coefficient (Wildman–Crippen LogP) is 1.80. The molecule has 0 aliphatic heterocycles. The van der Waals surface area contributed by atoms with Crippen molar-refractivity contribution in [2.24, 2.45) is 34.5 Å². The van der Waals surface area contributed by atoms with Crippen molar-refractivity contribution in [3.63, 3.8) is 0 Å². The molecule has 0 saturated heterocycles. The van der Waals surface area contributed by atoms with E-state index in [2.05, 4.69) is 13.8 Å². The first kappa shape index (κ1) is 19.0. The zero-order chi connectivity index (χ0) is 19.8. The minimum absolute atomic E-state index is 0.00620. The van der Waals surface area contributed by atoms with Crippen LogP contribution in [-0.2, 0) is 9.59 Å². The van der Waals surface area contributed by atoms with E-state index in [1.807, 2.05) is 13.0 Å². The molecule has 0 aromatic rings. The second-order valence-electron chi connectivity index (χ2n) is 9.72. The summed E-state index contributed by atoms with van der Waals surface area (Å²) in [6.45, 7) is 5.48. The highest BCUT2D eigenvalue weighted by Crippen LogP contribution is 2.67. The Morgan fingerprint density at radius 2 is 2.04 bits per heavy atom. The van der Waals surface area contributed by atoms with Gasteiger partial charge in [0.2, 0.25) is 0 Å². The van der Waals surface area contributed by atoms with Crippen molar-refractivity contribution in [2.45, 2.75) is 58.2 Å². The molecular formula is C22H30O5. The van der Waals surface area contributed by atoms with Crippen LogP contribution >= 0.6 is 0 Å². The van der Waals surface area contributed by atoms with Crippen LogP contribution in [0.2, 0.25) is 0 Å². The average molecular weight is 377 g/mol. The number of ketones is 2. The van der Waals surface area contributed by atoms with Crippen molar-refractivity contribution < 1.29 is 24.9 Å². The number of hydrogen-bond acceptors (Lipinski definition) is 5. The van der Waals surface area contributed by atoms with Crippen LogP contribution in [0, 0.1) is 34.5 Å². The second-order valence-corrected chi connectivity index (χ2v) is 9.72. The molecule has 0 radical (unpaired) electrons. The first-order valence-corrected chi connectivity index (χ1v) is 10.1. The fourth-order valence-corrected chi connectivity index (χ4v) is 7.34. The smallest absolute Gasteiger partial charge is 0.190 e. The second kappa shape index (κ2) is 5.85. The van der Waals surface area contributed by atoms with Gasteiger partial charge in [-0.2, -0.15) is 0 Å². The number of aliphatic hydroxyl groups excluding tert-OH is 2. The summed E-state index contributed by atoms with van der Waals surface area (Å²) in [5, 5.41) is 31.9. The molecule has 0 amide bonds. The number of carbonyl (C=O) groups is 2. The Balaban J connectivity index is 1.78. The lowest BCUT2D eigenvalue weighted by Gasteiger charge is -2.60. The molecule has 3 N–H and O–H groups in total. The third-order valence-electron chi connectivity index (χ3n) is 8.57. The normalized spacial score (nSPS) is 51.3. The van der Waals surface area contributed by atoms with Crippen molar-refractivity contribution in [3.8, 4) is 0 Å². The molecule has 1 unspecified atom stereocenters. The van der Waals surface area contributed by atoms with Crippen LogP contribution in [0.15, 0.2) is 23.8 Å². The molecule has 8 atom stereocenters. The minimum atomic E-state index is -1.57. The first-order valence-electron chi connectivity index (χ1n) is 10.1. The maximum atomic E-state index is 12.4. The maximum Gasteiger partial charge on any atom is 0.190 e. The molecule has 148 valence electrons. The molecule has 3 fully saturated rings. The molecule has 0 aromatic carbocycles. The summed E-state index contributed by atoms with van der Waals surface area (Å²) in [7, 11) is 0. The molecule has 5 heteroatoms. The van der Waals surface area contributed by atoms with Gasteiger partial charge in [-0.3, -0.25) is 9.59 Å². The number of rotatable bonds is 2. The molecule has 0 bridgehead atoms. The fourth-order valence-electron chi connectivity index (χ4n) is 7.34. The highest BCUT2D eigenvalue weighted by atomic mass is 16.3. The zero-order valence-corrected chi connectivity index (χ0v) is 16.3. The lowest BCUT2D eigenvalue weighted by atomic mass is 9.45. The third-order valence-corrected chi connectivity index (χ3v) is 8.57. The zero-order valence-electron chi connectivity index (χ0n) is 16.3. The molecule has 27 heavy (non-hydrogen) atoms. The number of allylic oxidation sites excluding steroid dienone is 4. The monoisotopic (exact) mass is 377 g/mol. The summed E-state index contributed by atoms with van der Waals surface area (Å²) in [5.41, 5.74) is -1.59. The van der Waals surface area contributed by atoms with Gasteiger partial charge in [-0.05, 0) is 55.6 Å². The van der Waals surface area contributed by atoms with E-state index in [1.165, 1.54) is 0 Å². The minimum Gasteiger partial charge on any atom is -0.393 e. The van der Waals surface area contributed by atoms with E-state index < -0.39 is 29.5 Å². The van der Waals surface area contributed by atoms with Gasteiger partial charge in [-0.1, -0.05) is 32.4 Å². The van der Waals surface area contributed by atoms with Gasteiger partial charge in [0.1, 0.15) is 12.2 Å². The Morgan fingerprint density at radius 3 is 2.70 bits per heavy atom. The number of hydrogen-bond donors (Lipinski definition) is 3. The van der Waals surface area contributed by atoms with E-state index in [0.717, 1.165) is 18.4 Å². The number of Topliss-reactive ketones (excluding diaryl/α,β-unsaturated/α-hetero) is 1. The van der Waals surface area contributed by atoms with Crippen LogP contribution in [0.3, 0.4) is 0 Å². The molecule has 4 aliphatic rings. The van der Waals surface area contributed by atoms with Crippen LogP contribution in [0.1, 0.15) is 46.5 Å². The van der Waals surface area contributed by atoms with Gasteiger partial charge in [0.15, 0.2) is 11.6 Å². The largest absolute Gasteiger partial charge is 0.393 e. The Bertz CT molecular complexity index is 754. The van der Waals surface area contributed by atoms with E-state index in [9.17, 15) is 24.9 Å². The van der Waals surface area contributed by atoms with Crippen LogP contribution < -0.4 is 0 Å². The average Bonchev–Trinajstić information content (AvgIpc) is 2.87. The van der Waals surface area contributed by atoms with Gasteiger partial charge in [0, 0.05) is 16.7 Å². The molecular weight excluding hydrogens is 347 g/mol. The molecule has 0 heterocycles. The van der Waals surface area contributed by atoms with Crippen LogP contribution in [0.5, 0.6) is 0 Å². The Labute approximate surface area is 160 Å². The van der Waals surface area contributed by atoms with Crippen molar-refractivity contribution in [1.82, 2.24) is 0 Å². The lowest BCUT2D eigenvalue weighted by molar-refractivity contribution is -0.180. The summed E-state index contributed by atoms with van der Waals surface area (Å²) < 4.78 is 0. The van der Waals surface area contributed by atoms with Gasteiger partial charge in [-0.25, -0.2) is 0 Å². The molecule has 3 saturated carbocycles. The summed E-state index contributed by atoms with van der Waals surface area (Å²) >= 11 is 0. The van der Waals surface area contributed by atoms with Crippen LogP contribution in [0.4, 0.5) is 0 Å². The summed E-state index contributed by atoms with van der Waals surface area (Å²) in [6.07, 6.45) is 6.87. The van der Waals surface area contributed by atoms with Crippen LogP contribution in [-0.4, -0.2) is 45.2 Å². The Hall–Kier alpha value is -1.30. The highest BCUT2D eigenvalue weighted by Gasteiger charge is 2.68. The maximum absolute atomic E-state index is 12.4. The quantitative estimate of drug-likeness (QED) is 0.638. The van der Waals surface area contributed by atoms with Crippen molar-refractivity contribution in [2.75, 3.05) is 6.61 Å². The van der Waals surface area contributed by atoms with E-state index >= 15 is 0 Å². The van der Waals surface area contributed by atoms with Gasteiger partial charge >= 0.3 is 0 Å². The van der Waals surface area contributed by atoms with Crippen LogP contribution in [0.25, 0.3) is 0 Å². The molecule has 5 nitrogen and oxygen atoms in total. The summed E-state index contributed by atoms with van der Waals surface area (Å²) in [5.74, 6) is -0.0768. The Morgan fingerprint density at radius 1 is 1.33 bits per heavy atom. The fraction of sp³-hybridized carbons (Fsp3) is 0.727. The SMILES string of the molecule is C[C@H]1C[C@@H]2[C@H](C(O)C[C@@]3(C)[C@H]2CC[C@]3(O)C(=O)CO)[C@@]2(C)C=[13CH][13C](=O)[13CH]=C12.